The Balaban J connectivity index is 1.71. The van der Waals surface area contributed by atoms with E-state index in [1.807, 2.05) is 36.9 Å². The number of benzene rings is 2. The molecule has 0 N–H and O–H groups in total. The van der Waals surface area contributed by atoms with Gasteiger partial charge in [-0.3, -0.25) is 4.90 Å². The third kappa shape index (κ3) is 5.24. The molecule has 1 fully saturated rings. The van der Waals surface area contributed by atoms with Crippen molar-refractivity contribution in [2.75, 3.05) is 32.8 Å². The standard InChI is InChI=1S/C22H27ClN2O2/c1-17(2)16-27-22(26)25-14-12-24(13-15-25)21(18-6-4-3-5-7-18)19-8-10-20(23)11-9-19/h3-11,17,21H,12-16H2,1-2H3/t21-/m1/s1. The van der Waals surface area contributed by atoms with Crippen molar-refractivity contribution in [3.8, 4) is 0 Å². The van der Waals surface area contributed by atoms with Gasteiger partial charge in [0.05, 0.1) is 12.6 Å². The molecule has 0 aromatic heterocycles. The molecular formula is C22H27ClN2O2. The van der Waals surface area contributed by atoms with Crippen LogP contribution < -0.4 is 0 Å². The van der Waals surface area contributed by atoms with E-state index in [0.29, 0.717) is 25.6 Å². The van der Waals surface area contributed by atoms with E-state index in [-0.39, 0.29) is 12.1 Å². The maximum absolute atomic E-state index is 12.2. The van der Waals surface area contributed by atoms with Crippen molar-refractivity contribution >= 4 is 17.7 Å². The zero-order valence-corrected chi connectivity index (χ0v) is 16.7. The molecule has 1 aliphatic heterocycles. The lowest BCUT2D eigenvalue weighted by molar-refractivity contribution is 0.0624. The van der Waals surface area contributed by atoms with Crippen LogP contribution in [0.3, 0.4) is 0 Å². The molecule has 144 valence electrons. The van der Waals surface area contributed by atoms with Gasteiger partial charge in [-0.25, -0.2) is 4.79 Å². The summed E-state index contributed by atoms with van der Waals surface area (Å²) in [6.45, 7) is 7.51. The maximum atomic E-state index is 12.2. The topological polar surface area (TPSA) is 32.8 Å². The fraction of sp³-hybridized carbons (Fsp3) is 0.409. The van der Waals surface area contributed by atoms with E-state index < -0.39 is 0 Å². The van der Waals surface area contributed by atoms with Gasteiger partial charge in [0.1, 0.15) is 0 Å². The molecule has 1 aliphatic rings. The lowest BCUT2D eigenvalue weighted by Gasteiger charge is -2.39. The monoisotopic (exact) mass is 386 g/mol. The second-order valence-corrected chi connectivity index (χ2v) is 7.79. The van der Waals surface area contributed by atoms with Gasteiger partial charge in [-0.05, 0) is 29.2 Å². The van der Waals surface area contributed by atoms with Crippen LogP contribution in [0.5, 0.6) is 0 Å². The van der Waals surface area contributed by atoms with Crippen LogP contribution in [0.2, 0.25) is 5.02 Å². The summed E-state index contributed by atoms with van der Waals surface area (Å²) in [5.41, 5.74) is 2.46. The van der Waals surface area contributed by atoms with E-state index >= 15 is 0 Å². The first-order valence-electron chi connectivity index (χ1n) is 9.50. The maximum Gasteiger partial charge on any atom is 0.409 e. The zero-order chi connectivity index (χ0) is 19.2. The highest BCUT2D eigenvalue weighted by Gasteiger charge is 2.28. The summed E-state index contributed by atoms with van der Waals surface area (Å²) in [7, 11) is 0. The number of hydrogen-bond acceptors (Lipinski definition) is 3. The Morgan fingerprint density at radius 3 is 2.15 bits per heavy atom. The predicted octanol–water partition coefficient (Wildman–Crippen LogP) is 4.84. The summed E-state index contributed by atoms with van der Waals surface area (Å²) in [6.07, 6.45) is -0.203. The number of hydrogen-bond donors (Lipinski definition) is 0. The van der Waals surface area contributed by atoms with Crippen molar-refractivity contribution in [3.05, 3.63) is 70.7 Å². The molecule has 1 heterocycles. The quantitative estimate of drug-likeness (QED) is 0.737. The first-order chi connectivity index (χ1) is 13.0. The summed E-state index contributed by atoms with van der Waals surface area (Å²) in [5, 5.41) is 0.739. The van der Waals surface area contributed by atoms with Crippen LogP contribution >= 0.6 is 11.6 Å². The second kappa shape index (κ2) is 9.25. The van der Waals surface area contributed by atoms with Crippen LogP contribution in [0.4, 0.5) is 4.79 Å². The Bertz CT molecular complexity index is 726. The minimum Gasteiger partial charge on any atom is -0.449 e. The summed E-state index contributed by atoms with van der Waals surface area (Å²) in [5.74, 6) is 0.350. The van der Waals surface area contributed by atoms with E-state index in [9.17, 15) is 4.79 Å². The van der Waals surface area contributed by atoms with Gasteiger partial charge in [-0.1, -0.05) is 67.9 Å². The van der Waals surface area contributed by atoms with Crippen LogP contribution in [-0.4, -0.2) is 48.7 Å². The van der Waals surface area contributed by atoms with Gasteiger partial charge in [0.15, 0.2) is 0 Å². The van der Waals surface area contributed by atoms with Crippen LogP contribution in [-0.2, 0) is 4.74 Å². The molecule has 1 atom stereocenters. The molecule has 3 rings (SSSR count). The Hall–Kier alpha value is -2.04. The molecule has 2 aromatic carbocycles. The molecule has 0 spiro atoms. The largest absolute Gasteiger partial charge is 0.449 e. The average Bonchev–Trinajstić information content (AvgIpc) is 2.69. The van der Waals surface area contributed by atoms with E-state index in [0.717, 1.165) is 18.1 Å². The number of nitrogens with zero attached hydrogens (tertiary/aromatic N) is 2. The van der Waals surface area contributed by atoms with Crippen LogP contribution in [0.1, 0.15) is 31.0 Å². The van der Waals surface area contributed by atoms with Crippen molar-refractivity contribution in [2.24, 2.45) is 5.92 Å². The third-order valence-corrected chi connectivity index (χ3v) is 5.03. The fourth-order valence-electron chi connectivity index (χ4n) is 3.39. The minimum absolute atomic E-state index is 0.150. The zero-order valence-electron chi connectivity index (χ0n) is 16.0. The summed E-state index contributed by atoms with van der Waals surface area (Å²) in [4.78, 5) is 16.5. The van der Waals surface area contributed by atoms with Gasteiger partial charge in [-0.15, -0.1) is 0 Å². The van der Waals surface area contributed by atoms with Crippen LogP contribution in [0.15, 0.2) is 54.6 Å². The molecule has 0 saturated carbocycles. The lowest BCUT2D eigenvalue weighted by atomic mass is 9.96. The van der Waals surface area contributed by atoms with Crippen LogP contribution in [0.25, 0.3) is 0 Å². The minimum atomic E-state index is -0.203. The fourth-order valence-corrected chi connectivity index (χ4v) is 3.51. The second-order valence-electron chi connectivity index (χ2n) is 7.36. The van der Waals surface area contributed by atoms with E-state index in [2.05, 4.69) is 41.3 Å². The third-order valence-electron chi connectivity index (χ3n) is 4.78. The molecule has 1 saturated heterocycles. The summed E-state index contributed by atoms with van der Waals surface area (Å²) in [6, 6.07) is 18.7. The van der Waals surface area contributed by atoms with Crippen molar-refractivity contribution < 1.29 is 9.53 Å². The number of piperazine rings is 1. The van der Waals surface area contributed by atoms with Gasteiger partial charge in [0.2, 0.25) is 0 Å². The van der Waals surface area contributed by atoms with Crippen molar-refractivity contribution in [1.82, 2.24) is 9.80 Å². The van der Waals surface area contributed by atoms with Crippen LogP contribution in [0, 0.1) is 5.92 Å². The molecule has 1 amide bonds. The number of carbonyl (C=O) groups excluding carboxylic acids is 1. The van der Waals surface area contributed by atoms with E-state index in [1.54, 1.807) is 0 Å². The number of rotatable bonds is 5. The molecule has 2 aromatic rings. The molecular weight excluding hydrogens is 360 g/mol. The number of carbonyl (C=O) groups is 1. The first-order valence-corrected chi connectivity index (χ1v) is 9.88. The summed E-state index contributed by atoms with van der Waals surface area (Å²) >= 11 is 6.08. The SMILES string of the molecule is CC(C)COC(=O)N1CCN([C@H](c2ccccc2)c2ccc(Cl)cc2)CC1. The Kier molecular flexibility index (Phi) is 6.75. The van der Waals surface area contributed by atoms with Gasteiger partial charge in [0.25, 0.3) is 0 Å². The highest BCUT2D eigenvalue weighted by molar-refractivity contribution is 6.30. The summed E-state index contributed by atoms with van der Waals surface area (Å²) < 4.78 is 5.37. The smallest absolute Gasteiger partial charge is 0.409 e. The predicted molar refractivity (Wildman–Crippen MR) is 109 cm³/mol. The molecule has 27 heavy (non-hydrogen) atoms. The Morgan fingerprint density at radius 2 is 1.56 bits per heavy atom. The van der Waals surface area contributed by atoms with E-state index in [1.165, 1.54) is 11.1 Å². The van der Waals surface area contributed by atoms with Crippen molar-refractivity contribution in [3.63, 3.8) is 0 Å². The van der Waals surface area contributed by atoms with Gasteiger partial charge in [-0.2, -0.15) is 0 Å². The van der Waals surface area contributed by atoms with Crippen molar-refractivity contribution in [2.45, 2.75) is 19.9 Å². The number of ether oxygens (including phenoxy) is 1. The molecule has 0 unspecified atom stereocenters. The number of amides is 1. The first kappa shape index (κ1) is 19.7. The highest BCUT2D eigenvalue weighted by atomic mass is 35.5. The molecule has 5 heteroatoms. The van der Waals surface area contributed by atoms with Gasteiger partial charge >= 0.3 is 6.09 Å². The van der Waals surface area contributed by atoms with Gasteiger partial charge < -0.3 is 9.64 Å². The molecule has 4 nitrogen and oxygen atoms in total. The number of halogens is 1. The Morgan fingerprint density at radius 1 is 0.963 bits per heavy atom. The highest BCUT2D eigenvalue weighted by Crippen LogP contribution is 2.30. The normalized spacial score (nSPS) is 16.4. The average molecular weight is 387 g/mol. The van der Waals surface area contributed by atoms with Gasteiger partial charge in [0, 0.05) is 31.2 Å². The van der Waals surface area contributed by atoms with Crippen molar-refractivity contribution in [1.29, 1.82) is 0 Å². The molecule has 0 aliphatic carbocycles. The molecule has 0 bridgehead atoms. The molecule has 0 radical (unpaired) electrons. The van der Waals surface area contributed by atoms with E-state index in [4.69, 9.17) is 16.3 Å². The Labute approximate surface area is 166 Å². The lowest BCUT2D eigenvalue weighted by Crippen LogP contribution is -2.50.